The standard InChI is InChI=1S/C10H18S/c1-8(2)9-4-5-10(6-9,7-9)11-3/h8H,4-7H2,1-3H3. The molecule has 0 aliphatic heterocycles. The average Bonchev–Trinajstić information content (AvgIpc) is 2.39. The molecular formula is C10H18S. The zero-order valence-electron chi connectivity index (χ0n) is 7.81. The first kappa shape index (κ1) is 7.97. The first-order chi connectivity index (χ1) is 5.13. The van der Waals surface area contributed by atoms with Gasteiger partial charge < -0.3 is 0 Å². The highest BCUT2D eigenvalue weighted by atomic mass is 32.2. The Kier molecular flexibility index (Phi) is 1.58. The minimum absolute atomic E-state index is 0.740. The zero-order valence-corrected chi connectivity index (χ0v) is 8.63. The van der Waals surface area contributed by atoms with Gasteiger partial charge in [-0.25, -0.2) is 0 Å². The smallest absolute Gasteiger partial charge is 0.0168 e. The van der Waals surface area contributed by atoms with Gasteiger partial charge in [0, 0.05) is 4.75 Å². The van der Waals surface area contributed by atoms with Crippen molar-refractivity contribution in [2.45, 2.75) is 44.3 Å². The van der Waals surface area contributed by atoms with Crippen molar-refractivity contribution >= 4 is 11.8 Å². The number of hydrogen-bond donors (Lipinski definition) is 0. The van der Waals surface area contributed by atoms with Gasteiger partial charge in [-0.2, -0.15) is 11.8 Å². The summed E-state index contributed by atoms with van der Waals surface area (Å²) in [5, 5.41) is 0. The van der Waals surface area contributed by atoms with Crippen LogP contribution in [0, 0.1) is 11.3 Å². The molecular weight excluding hydrogens is 152 g/mol. The molecule has 0 radical (unpaired) electrons. The van der Waals surface area contributed by atoms with Crippen LogP contribution in [0.15, 0.2) is 0 Å². The summed E-state index contributed by atoms with van der Waals surface area (Å²) in [7, 11) is 0. The molecule has 3 saturated carbocycles. The molecule has 3 aliphatic carbocycles. The Hall–Kier alpha value is 0.350. The highest BCUT2D eigenvalue weighted by molar-refractivity contribution is 8.00. The molecule has 0 spiro atoms. The molecule has 0 atom stereocenters. The molecule has 0 saturated heterocycles. The number of rotatable bonds is 2. The van der Waals surface area contributed by atoms with Crippen LogP contribution in [0.1, 0.15) is 39.5 Å². The molecule has 2 bridgehead atoms. The van der Waals surface area contributed by atoms with E-state index in [1.165, 1.54) is 25.7 Å². The lowest BCUT2D eigenvalue weighted by Crippen LogP contribution is -2.43. The van der Waals surface area contributed by atoms with E-state index in [1.54, 1.807) is 0 Å². The first-order valence-electron chi connectivity index (χ1n) is 4.68. The maximum absolute atomic E-state index is 2.40. The molecule has 0 heterocycles. The quantitative estimate of drug-likeness (QED) is 0.612. The highest BCUT2D eigenvalue weighted by Crippen LogP contribution is 2.69. The van der Waals surface area contributed by atoms with Gasteiger partial charge >= 0.3 is 0 Å². The summed E-state index contributed by atoms with van der Waals surface area (Å²) in [5.74, 6) is 0.922. The molecule has 3 rings (SSSR count). The number of fused-ring (bicyclic) bond motifs is 1. The second-order valence-electron chi connectivity index (χ2n) is 4.76. The SMILES string of the molecule is CSC12CCC(C(C)C)(C1)C2. The normalized spacial score (nSPS) is 48.0. The van der Waals surface area contributed by atoms with Gasteiger partial charge in [0.15, 0.2) is 0 Å². The second-order valence-corrected chi connectivity index (χ2v) is 6.03. The van der Waals surface area contributed by atoms with Crippen molar-refractivity contribution in [3.63, 3.8) is 0 Å². The Balaban J connectivity index is 2.08. The van der Waals surface area contributed by atoms with E-state index < -0.39 is 0 Å². The monoisotopic (exact) mass is 170 g/mol. The van der Waals surface area contributed by atoms with Crippen molar-refractivity contribution in [3.8, 4) is 0 Å². The van der Waals surface area contributed by atoms with E-state index in [0.29, 0.717) is 0 Å². The second kappa shape index (κ2) is 2.18. The Morgan fingerprint density at radius 2 is 1.82 bits per heavy atom. The van der Waals surface area contributed by atoms with Gasteiger partial charge in [-0.3, -0.25) is 0 Å². The van der Waals surface area contributed by atoms with Crippen LogP contribution in [0.2, 0.25) is 0 Å². The first-order valence-corrected chi connectivity index (χ1v) is 5.90. The van der Waals surface area contributed by atoms with Crippen LogP contribution in [0.3, 0.4) is 0 Å². The maximum atomic E-state index is 2.40. The lowest BCUT2D eigenvalue weighted by atomic mass is 9.63. The van der Waals surface area contributed by atoms with E-state index in [0.717, 1.165) is 16.1 Å². The molecule has 64 valence electrons. The summed E-state index contributed by atoms with van der Waals surface area (Å²) >= 11 is 2.12. The minimum atomic E-state index is 0.740. The van der Waals surface area contributed by atoms with E-state index in [-0.39, 0.29) is 0 Å². The molecule has 11 heavy (non-hydrogen) atoms. The summed E-state index contributed by atoms with van der Waals surface area (Å²) in [6.07, 6.45) is 8.31. The van der Waals surface area contributed by atoms with Crippen molar-refractivity contribution in [1.29, 1.82) is 0 Å². The van der Waals surface area contributed by atoms with E-state index >= 15 is 0 Å². The highest BCUT2D eigenvalue weighted by Gasteiger charge is 2.61. The molecule has 0 aromatic carbocycles. The molecule has 0 unspecified atom stereocenters. The van der Waals surface area contributed by atoms with E-state index in [1.807, 2.05) is 0 Å². The lowest BCUT2D eigenvalue weighted by molar-refractivity contribution is 0.0997. The van der Waals surface area contributed by atoms with E-state index in [4.69, 9.17) is 0 Å². The van der Waals surface area contributed by atoms with Gasteiger partial charge in [0.05, 0.1) is 0 Å². The van der Waals surface area contributed by atoms with Gasteiger partial charge in [0.1, 0.15) is 0 Å². The van der Waals surface area contributed by atoms with Crippen LogP contribution in [-0.2, 0) is 0 Å². The molecule has 3 aliphatic rings. The Bertz CT molecular complexity index is 166. The van der Waals surface area contributed by atoms with Crippen LogP contribution < -0.4 is 0 Å². The van der Waals surface area contributed by atoms with Crippen molar-refractivity contribution in [3.05, 3.63) is 0 Å². The summed E-state index contributed by atoms with van der Waals surface area (Å²) < 4.78 is 0.740. The summed E-state index contributed by atoms with van der Waals surface area (Å²) in [5.41, 5.74) is 0.781. The van der Waals surface area contributed by atoms with Gasteiger partial charge in [0.25, 0.3) is 0 Å². The Labute approximate surface area is 74.1 Å². The largest absolute Gasteiger partial charge is 0.159 e. The third-order valence-electron chi connectivity index (χ3n) is 4.08. The number of thioether (sulfide) groups is 1. The van der Waals surface area contributed by atoms with Crippen molar-refractivity contribution in [1.82, 2.24) is 0 Å². The van der Waals surface area contributed by atoms with Crippen LogP contribution in [0.4, 0.5) is 0 Å². The van der Waals surface area contributed by atoms with Gasteiger partial charge in [-0.15, -0.1) is 0 Å². The fraction of sp³-hybridized carbons (Fsp3) is 1.00. The van der Waals surface area contributed by atoms with Crippen LogP contribution in [-0.4, -0.2) is 11.0 Å². The predicted octanol–water partition coefficient (Wildman–Crippen LogP) is 3.32. The molecule has 0 amide bonds. The predicted molar refractivity (Wildman–Crippen MR) is 52.0 cm³/mol. The van der Waals surface area contributed by atoms with Gasteiger partial charge in [0.2, 0.25) is 0 Å². The van der Waals surface area contributed by atoms with E-state index in [2.05, 4.69) is 31.9 Å². The van der Waals surface area contributed by atoms with E-state index in [9.17, 15) is 0 Å². The van der Waals surface area contributed by atoms with Crippen LogP contribution in [0.5, 0.6) is 0 Å². The molecule has 0 nitrogen and oxygen atoms in total. The minimum Gasteiger partial charge on any atom is -0.159 e. The van der Waals surface area contributed by atoms with Gasteiger partial charge in [-0.1, -0.05) is 13.8 Å². The van der Waals surface area contributed by atoms with Crippen LogP contribution >= 0.6 is 11.8 Å². The lowest BCUT2D eigenvalue weighted by Gasteiger charge is -2.49. The van der Waals surface area contributed by atoms with Crippen molar-refractivity contribution < 1.29 is 0 Å². The Morgan fingerprint density at radius 3 is 2.09 bits per heavy atom. The van der Waals surface area contributed by atoms with Gasteiger partial charge in [-0.05, 0) is 43.3 Å². The van der Waals surface area contributed by atoms with Crippen molar-refractivity contribution in [2.75, 3.05) is 6.26 Å². The fourth-order valence-electron chi connectivity index (χ4n) is 3.01. The third-order valence-corrected chi connectivity index (χ3v) is 5.44. The third kappa shape index (κ3) is 0.898. The fourth-order valence-corrected chi connectivity index (χ4v) is 4.17. The van der Waals surface area contributed by atoms with Crippen molar-refractivity contribution in [2.24, 2.45) is 11.3 Å². The molecule has 1 heteroatoms. The average molecular weight is 170 g/mol. The summed E-state index contributed by atoms with van der Waals surface area (Å²) in [6.45, 7) is 4.80. The van der Waals surface area contributed by atoms with Crippen LogP contribution in [0.25, 0.3) is 0 Å². The zero-order chi connectivity index (χ0) is 8.11. The Morgan fingerprint density at radius 1 is 1.18 bits per heavy atom. The molecule has 0 aromatic heterocycles. The number of hydrogen-bond acceptors (Lipinski definition) is 1. The molecule has 3 fully saturated rings. The molecule has 0 N–H and O–H groups in total. The summed E-state index contributed by atoms with van der Waals surface area (Å²) in [6, 6.07) is 0. The molecule has 0 aromatic rings. The topological polar surface area (TPSA) is 0 Å². The maximum Gasteiger partial charge on any atom is 0.0168 e. The summed E-state index contributed by atoms with van der Waals surface area (Å²) in [4.78, 5) is 0.